The van der Waals surface area contributed by atoms with Gasteiger partial charge in [-0.05, 0) is 37.5 Å². The van der Waals surface area contributed by atoms with E-state index in [2.05, 4.69) is 20.8 Å². The van der Waals surface area contributed by atoms with Crippen molar-refractivity contribution in [1.82, 2.24) is 10.4 Å². The van der Waals surface area contributed by atoms with Crippen molar-refractivity contribution < 1.29 is 18.9 Å². The number of nitrogens with one attached hydrogen (secondary N) is 2. The summed E-state index contributed by atoms with van der Waals surface area (Å²) in [5, 5.41) is 17.8. The van der Waals surface area contributed by atoms with Gasteiger partial charge in [0.15, 0.2) is 5.76 Å². The van der Waals surface area contributed by atoms with E-state index in [0.29, 0.717) is 41.3 Å². The average molecular weight is 447 g/mol. The van der Waals surface area contributed by atoms with Gasteiger partial charge >= 0.3 is 0 Å². The van der Waals surface area contributed by atoms with Crippen LogP contribution >= 0.6 is 0 Å². The predicted octanol–water partition coefficient (Wildman–Crippen LogP) is 3.54. The number of pyridine rings is 1. The van der Waals surface area contributed by atoms with Crippen molar-refractivity contribution >= 4 is 29.0 Å². The first-order valence-electron chi connectivity index (χ1n) is 10.4. The average Bonchev–Trinajstić information content (AvgIpc) is 3.16. The molecule has 0 aliphatic heterocycles. The molecule has 33 heavy (non-hydrogen) atoms. The lowest BCUT2D eigenvalue weighted by Crippen LogP contribution is -2.23. The number of rotatable bonds is 6. The third-order valence-corrected chi connectivity index (χ3v) is 5.27. The van der Waals surface area contributed by atoms with E-state index in [0.717, 1.165) is 12.0 Å². The van der Waals surface area contributed by atoms with Gasteiger partial charge < -0.3 is 9.73 Å². The number of non-ortho nitro benzene ring substituents is 1. The van der Waals surface area contributed by atoms with E-state index in [9.17, 15) is 19.7 Å². The van der Waals surface area contributed by atoms with Crippen molar-refractivity contribution in [2.45, 2.75) is 32.6 Å². The molecule has 168 valence electrons. The van der Waals surface area contributed by atoms with Crippen LogP contribution in [-0.4, -0.2) is 27.4 Å². The van der Waals surface area contributed by atoms with Crippen molar-refractivity contribution in [1.29, 1.82) is 0 Å². The molecule has 0 saturated heterocycles. The van der Waals surface area contributed by atoms with Crippen LogP contribution in [0.3, 0.4) is 0 Å². The number of nitro benzene ring substituents is 1. The van der Waals surface area contributed by atoms with Crippen LogP contribution in [-0.2, 0) is 17.6 Å². The minimum Gasteiger partial charge on any atom is -0.455 e. The van der Waals surface area contributed by atoms with Crippen LogP contribution in [0.1, 0.15) is 45.8 Å². The zero-order chi connectivity index (χ0) is 23.4. The molecule has 0 unspecified atom stereocenters. The zero-order valence-electron chi connectivity index (χ0n) is 17.8. The molecule has 1 aliphatic carbocycles. The van der Waals surface area contributed by atoms with Gasteiger partial charge in [0.2, 0.25) is 5.91 Å². The van der Waals surface area contributed by atoms with Crippen LogP contribution in [0.15, 0.2) is 58.2 Å². The fourth-order valence-corrected chi connectivity index (χ4v) is 3.70. The molecule has 0 radical (unpaired) electrons. The number of benzene rings is 1. The Hall–Kier alpha value is -4.34. The maximum Gasteiger partial charge on any atom is 0.292 e. The molecule has 2 amide bonds. The summed E-state index contributed by atoms with van der Waals surface area (Å²) in [6.45, 7) is 1.79. The molecular formula is C23H21N5O5. The lowest BCUT2D eigenvalue weighted by Gasteiger charge is -2.13. The molecule has 1 aliphatic rings. The summed E-state index contributed by atoms with van der Waals surface area (Å²) in [6, 6.07) is 11.0. The topological polar surface area (TPSA) is 140 Å². The highest BCUT2D eigenvalue weighted by Gasteiger charge is 2.28. The molecule has 0 atom stereocenters. The first-order chi connectivity index (χ1) is 15.9. The second-order valence-corrected chi connectivity index (χ2v) is 7.57. The van der Waals surface area contributed by atoms with Gasteiger partial charge in [0, 0.05) is 35.9 Å². The first-order valence-corrected chi connectivity index (χ1v) is 10.4. The van der Waals surface area contributed by atoms with E-state index in [1.807, 2.05) is 0 Å². The summed E-state index contributed by atoms with van der Waals surface area (Å²) < 4.78 is 5.85. The Morgan fingerprint density at radius 2 is 1.97 bits per heavy atom. The monoisotopic (exact) mass is 447 g/mol. The number of anilines is 1. The zero-order valence-corrected chi connectivity index (χ0v) is 17.8. The Kier molecular flexibility index (Phi) is 6.25. The maximum absolute atomic E-state index is 12.7. The Bertz CT molecular complexity index is 1230. The van der Waals surface area contributed by atoms with E-state index < -0.39 is 10.8 Å². The Morgan fingerprint density at radius 3 is 2.67 bits per heavy atom. The fourth-order valence-electron chi connectivity index (χ4n) is 3.70. The number of hydrazone groups is 1. The van der Waals surface area contributed by atoms with E-state index in [1.54, 1.807) is 31.3 Å². The van der Waals surface area contributed by atoms with Crippen LogP contribution in [0.4, 0.5) is 11.5 Å². The van der Waals surface area contributed by atoms with Gasteiger partial charge in [-0.3, -0.25) is 19.7 Å². The number of amides is 2. The van der Waals surface area contributed by atoms with Crippen molar-refractivity contribution in [2.75, 3.05) is 5.32 Å². The number of hydrogen-bond donors (Lipinski definition) is 2. The molecule has 2 N–H and O–H groups in total. The van der Waals surface area contributed by atoms with Crippen LogP contribution in [0.25, 0.3) is 0 Å². The number of carbonyl (C=O) groups is 2. The first kappa shape index (κ1) is 21.9. The second-order valence-electron chi connectivity index (χ2n) is 7.57. The molecule has 1 aromatic carbocycles. The van der Waals surface area contributed by atoms with Gasteiger partial charge in [-0.2, -0.15) is 5.10 Å². The minimum atomic E-state index is -0.491. The summed E-state index contributed by atoms with van der Waals surface area (Å²) in [5.74, 6) is 0.523. The van der Waals surface area contributed by atoms with Crippen LogP contribution in [0.5, 0.6) is 0 Å². The molecular weight excluding hydrogens is 426 g/mol. The lowest BCUT2D eigenvalue weighted by atomic mass is 9.93. The maximum atomic E-state index is 12.7. The third kappa shape index (κ3) is 4.95. The standard InChI is InChI=1S/C23H21N5O5/c1-14-21-17(26-27-20(29)13-15-8-10-16(11-9-15)28(31)32)5-4-6-18(21)33-22(14)23(30)25-19-7-2-3-12-24-19/h2-3,7-12H,4-6,13H2,1H3,(H,27,29)(H,24,25,30)/b26-17+. The number of nitro groups is 1. The molecule has 10 heteroatoms. The smallest absolute Gasteiger partial charge is 0.292 e. The lowest BCUT2D eigenvalue weighted by molar-refractivity contribution is -0.384. The Morgan fingerprint density at radius 1 is 1.18 bits per heavy atom. The van der Waals surface area contributed by atoms with Gasteiger partial charge in [0.1, 0.15) is 11.6 Å². The number of hydrogen-bond acceptors (Lipinski definition) is 7. The van der Waals surface area contributed by atoms with Gasteiger partial charge in [0.25, 0.3) is 11.6 Å². The molecule has 3 aromatic rings. The molecule has 10 nitrogen and oxygen atoms in total. The Balaban J connectivity index is 1.47. The number of carbonyl (C=O) groups excluding carboxylic acids is 2. The number of furan rings is 1. The molecule has 0 bridgehead atoms. The molecule has 0 saturated carbocycles. The summed E-state index contributed by atoms with van der Waals surface area (Å²) >= 11 is 0. The van der Waals surface area contributed by atoms with Gasteiger partial charge in [0.05, 0.1) is 17.1 Å². The molecule has 4 rings (SSSR count). The van der Waals surface area contributed by atoms with Gasteiger partial charge in [-0.25, -0.2) is 10.4 Å². The normalized spacial score (nSPS) is 13.9. The predicted molar refractivity (Wildman–Crippen MR) is 120 cm³/mol. The number of aryl methyl sites for hydroxylation is 1. The number of nitrogens with zero attached hydrogens (tertiary/aromatic N) is 3. The molecule has 0 spiro atoms. The van der Waals surface area contributed by atoms with Gasteiger partial charge in [-0.15, -0.1) is 0 Å². The number of fused-ring (bicyclic) bond motifs is 1. The van der Waals surface area contributed by atoms with Crippen LogP contribution in [0.2, 0.25) is 0 Å². The highest BCUT2D eigenvalue weighted by atomic mass is 16.6. The molecule has 2 aromatic heterocycles. The van der Waals surface area contributed by atoms with Gasteiger partial charge in [-0.1, -0.05) is 18.2 Å². The van der Waals surface area contributed by atoms with Crippen molar-refractivity contribution in [3.8, 4) is 0 Å². The fraction of sp³-hybridized carbons (Fsp3) is 0.217. The highest BCUT2D eigenvalue weighted by Crippen LogP contribution is 2.30. The molecule has 2 heterocycles. The van der Waals surface area contributed by atoms with Crippen molar-refractivity contribution in [2.24, 2.45) is 5.10 Å². The highest BCUT2D eigenvalue weighted by molar-refractivity contribution is 6.09. The largest absolute Gasteiger partial charge is 0.455 e. The number of aromatic nitrogens is 1. The third-order valence-electron chi connectivity index (χ3n) is 5.27. The summed E-state index contributed by atoms with van der Waals surface area (Å²) in [5.41, 5.74) is 5.19. The SMILES string of the molecule is Cc1c(C(=O)Nc2ccccn2)oc2c1/C(=N/NC(=O)Cc1ccc([N+](=O)[O-])cc1)CCC2. The summed E-state index contributed by atoms with van der Waals surface area (Å²) in [6.07, 6.45) is 3.69. The second kappa shape index (κ2) is 9.43. The van der Waals surface area contributed by atoms with E-state index >= 15 is 0 Å². The van der Waals surface area contributed by atoms with E-state index in [1.165, 1.54) is 24.3 Å². The van der Waals surface area contributed by atoms with Crippen molar-refractivity contribution in [3.05, 3.63) is 87.0 Å². The van der Waals surface area contributed by atoms with E-state index in [4.69, 9.17) is 4.42 Å². The quantitative estimate of drug-likeness (QED) is 0.437. The molecule has 0 fully saturated rings. The summed E-state index contributed by atoms with van der Waals surface area (Å²) in [4.78, 5) is 39.4. The van der Waals surface area contributed by atoms with Crippen LogP contribution in [0, 0.1) is 17.0 Å². The Labute approximate surface area is 188 Å². The minimum absolute atomic E-state index is 0.0315. The van der Waals surface area contributed by atoms with E-state index in [-0.39, 0.29) is 23.8 Å². The summed E-state index contributed by atoms with van der Waals surface area (Å²) in [7, 11) is 0. The van der Waals surface area contributed by atoms with Crippen molar-refractivity contribution in [3.63, 3.8) is 0 Å². The van der Waals surface area contributed by atoms with Crippen LogP contribution < -0.4 is 10.7 Å².